The number of amides is 1. The fourth-order valence-corrected chi connectivity index (χ4v) is 3.51. The lowest BCUT2D eigenvalue weighted by molar-refractivity contribution is -0.384. The molecule has 1 aliphatic rings. The Labute approximate surface area is 166 Å². The van der Waals surface area contributed by atoms with Crippen molar-refractivity contribution in [3.05, 3.63) is 74.3 Å². The van der Waals surface area contributed by atoms with Gasteiger partial charge < -0.3 is 10.1 Å². The Bertz CT molecular complexity index is 931. The number of nitrogens with one attached hydrogen (secondary N) is 1. The molecule has 0 saturated heterocycles. The molecule has 2 aromatic carbocycles. The maximum Gasteiger partial charge on any atom is 0.340 e. The molecule has 3 rings (SSSR count). The van der Waals surface area contributed by atoms with Crippen LogP contribution >= 0.6 is 11.6 Å². The van der Waals surface area contributed by atoms with Crippen LogP contribution < -0.4 is 5.32 Å². The molecule has 0 spiro atoms. The van der Waals surface area contributed by atoms with Crippen molar-refractivity contribution in [2.75, 3.05) is 0 Å². The zero-order chi connectivity index (χ0) is 20.3. The second kappa shape index (κ2) is 8.39. The highest BCUT2D eigenvalue weighted by atomic mass is 35.5. The molecule has 0 saturated carbocycles. The van der Waals surface area contributed by atoms with Gasteiger partial charge in [0, 0.05) is 12.1 Å². The quantitative estimate of drug-likeness (QED) is 0.463. The zero-order valence-corrected chi connectivity index (χ0v) is 15.9. The topological polar surface area (TPSA) is 98.5 Å². The molecule has 7 nitrogen and oxygen atoms in total. The van der Waals surface area contributed by atoms with Crippen LogP contribution in [0.15, 0.2) is 42.5 Å². The standard InChI is InChI=1S/C20H19ClN2O5/c1-12(28-20(25)16-10-9-14(23(26)27)11-17(16)21)19(24)22-18-8-4-6-13-5-2-3-7-15(13)18/h2-3,5,7,9-12,18H,4,6,8H2,1H3,(H,22,24)/t12-,18-/m0/s1. The molecule has 2 atom stereocenters. The van der Waals surface area contributed by atoms with Gasteiger partial charge in [-0.2, -0.15) is 0 Å². The summed E-state index contributed by atoms with van der Waals surface area (Å²) >= 11 is 5.94. The number of hydrogen-bond acceptors (Lipinski definition) is 5. The van der Waals surface area contributed by atoms with Crippen LogP contribution in [-0.4, -0.2) is 22.9 Å². The number of hydrogen-bond donors (Lipinski definition) is 1. The normalized spacial score (nSPS) is 16.6. The lowest BCUT2D eigenvalue weighted by atomic mass is 9.87. The number of benzene rings is 2. The first-order valence-corrected chi connectivity index (χ1v) is 9.27. The van der Waals surface area contributed by atoms with Crippen LogP contribution in [0.1, 0.15) is 47.3 Å². The van der Waals surface area contributed by atoms with Gasteiger partial charge in [-0.05, 0) is 43.4 Å². The Morgan fingerprint density at radius 3 is 2.75 bits per heavy atom. The first-order chi connectivity index (χ1) is 13.4. The van der Waals surface area contributed by atoms with E-state index in [4.69, 9.17) is 16.3 Å². The van der Waals surface area contributed by atoms with Gasteiger partial charge in [0.25, 0.3) is 11.6 Å². The number of halogens is 1. The highest BCUT2D eigenvalue weighted by molar-refractivity contribution is 6.33. The summed E-state index contributed by atoms with van der Waals surface area (Å²) in [6, 6.07) is 11.3. The Kier molecular flexibility index (Phi) is 5.94. The third-order valence-corrected chi connectivity index (χ3v) is 5.04. The predicted octanol–water partition coefficient (Wildman–Crippen LogP) is 3.99. The summed E-state index contributed by atoms with van der Waals surface area (Å²) in [5.74, 6) is -1.22. The van der Waals surface area contributed by atoms with E-state index in [9.17, 15) is 19.7 Å². The molecular weight excluding hydrogens is 384 g/mol. The summed E-state index contributed by atoms with van der Waals surface area (Å²) in [6.45, 7) is 1.47. The van der Waals surface area contributed by atoms with E-state index in [-0.39, 0.29) is 22.3 Å². The largest absolute Gasteiger partial charge is 0.449 e. The first kappa shape index (κ1) is 19.8. The maximum atomic E-state index is 12.5. The van der Waals surface area contributed by atoms with E-state index in [1.54, 1.807) is 0 Å². The fraction of sp³-hybridized carbons (Fsp3) is 0.300. The third kappa shape index (κ3) is 4.31. The number of carbonyl (C=O) groups is 2. The number of nitro groups is 1. The second-order valence-corrected chi connectivity index (χ2v) is 7.03. The molecule has 2 aromatic rings. The van der Waals surface area contributed by atoms with Crippen molar-refractivity contribution in [2.24, 2.45) is 0 Å². The average Bonchev–Trinajstić information content (AvgIpc) is 2.67. The van der Waals surface area contributed by atoms with Crippen LogP contribution in [0.3, 0.4) is 0 Å². The molecule has 146 valence electrons. The number of carbonyl (C=O) groups excluding carboxylic acids is 2. The van der Waals surface area contributed by atoms with E-state index in [1.165, 1.54) is 18.6 Å². The van der Waals surface area contributed by atoms with Crippen molar-refractivity contribution in [3.63, 3.8) is 0 Å². The van der Waals surface area contributed by atoms with Gasteiger partial charge in [-0.3, -0.25) is 14.9 Å². The van der Waals surface area contributed by atoms with Crippen LogP contribution in [0.2, 0.25) is 5.02 Å². The van der Waals surface area contributed by atoms with E-state index in [1.807, 2.05) is 24.3 Å². The monoisotopic (exact) mass is 402 g/mol. The summed E-state index contributed by atoms with van der Waals surface area (Å²) < 4.78 is 5.20. The van der Waals surface area contributed by atoms with Crippen molar-refractivity contribution in [2.45, 2.75) is 38.3 Å². The maximum absolute atomic E-state index is 12.5. The number of esters is 1. The van der Waals surface area contributed by atoms with Gasteiger partial charge in [0.05, 0.1) is 21.6 Å². The molecule has 1 amide bonds. The van der Waals surface area contributed by atoms with Gasteiger partial charge in [0.2, 0.25) is 0 Å². The number of rotatable bonds is 5. The van der Waals surface area contributed by atoms with Crippen molar-refractivity contribution in [3.8, 4) is 0 Å². The van der Waals surface area contributed by atoms with Crippen molar-refractivity contribution < 1.29 is 19.2 Å². The van der Waals surface area contributed by atoms with E-state index in [0.717, 1.165) is 37.0 Å². The van der Waals surface area contributed by atoms with Crippen molar-refractivity contribution >= 4 is 29.2 Å². The molecular formula is C20H19ClN2O5. The molecule has 0 aromatic heterocycles. The van der Waals surface area contributed by atoms with Gasteiger partial charge in [-0.15, -0.1) is 0 Å². The van der Waals surface area contributed by atoms with Crippen LogP contribution in [-0.2, 0) is 16.0 Å². The number of non-ortho nitro benzene ring substituents is 1. The number of fused-ring (bicyclic) bond motifs is 1. The fourth-order valence-electron chi connectivity index (χ4n) is 3.25. The number of nitrogens with zero attached hydrogens (tertiary/aromatic N) is 1. The molecule has 0 radical (unpaired) electrons. The van der Waals surface area contributed by atoms with Gasteiger partial charge >= 0.3 is 5.97 Å². The minimum Gasteiger partial charge on any atom is -0.449 e. The average molecular weight is 403 g/mol. The van der Waals surface area contributed by atoms with Crippen LogP contribution in [0, 0.1) is 10.1 Å². The van der Waals surface area contributed by atoms with Crippen LogP contribution in [0.4, 0.5) is 5.69 Å². The minimum atomic E-state index is -1.03. The molecule has 0 fully saturated rings. The van der Waals surface area contributed by atoms with Gasteiger partial charge in [-0.25, -0.2) is 4.79 Å². The summed E-state index contributed by atoms with van der Waals surface area (Å²) in [4.78, 5) is 34.9. The smallest absolute Gasteiger partial charge is 0.340 e. The van der Waals surface area contributed by atoms with Crippen LogP contribution in [0.5, 0.6) is 0 Å². The Morgan fingerprint density at radius 2 is 2.04 bits per heavy atom. The van der Waals surface area contributed by atoms with Gasteiger partial charge in [0.1, 0.15) is 0 Å². The Balaban J connectivity index is 1.65. The van der Waals surface area contributed by atoms with Gasteiger partial charge in [0.15, 0.2) is 6.10 Å². The summed E-state index contributed by atoms with van der Waals surface area (Å²) in [5, 5.41) is 13.6. The molecule has 8 heteroatoms. The zero-order valence-electron chi connectivity index (χ0n) is 15.2. The molecule has 0 aliphatic heterocycles. The first-order valence-electron chi connectivity index (χ1n) is 8.90. The second-order valence-electron chi connectivity index (χ2n) is 6.62. The molecule has 0 bridgehead atoms. The summed E-state index contributed by atoms with van der Waals surface area (Å²) in [7, 11) is 0. The summed E-state index contributed by atoms with van der Waals surface area (Å²) in [5.41, 5.74) is 2.03. The SMILES string of the molecule is C[C@H](OC(=O)c1ccc([N+](=O)[O-])cc1Cl)C(=O)N[C@H]1CCCc2ccccc21. The molecule has 0 heterocycles. The highest BCUT2D eigenvalue weighted by Crippen LogP contribution is 2.29. The van der Waals surface area contributed by atoms with E-state index >= 15 is 0 Å². The lowest BCUT2D eigenvalue weighted by Gasteiger charge is -2.27. The minimum absolute atomic E-state index is 0.0325. The number of aryl methyl sites for hydroxylation is 1. The molecule has 0 unspecified atom stereocenters. The van der Waals surface area contributed by atoms with Crippen molar-refractivity contribution in [1.82, 2.24) is 5.32 Å². The lowest BCUT2D eigenvalue weighted by Crippen LogP contribution is -2.39. The van der Waals surface area contributed by atoms with Crippen molar-refractivity contribution in [1.29, 1.82) is 0 Å². The van der Waals surface area contributed by atoms with E-state index < -0.39 is 22.9 Å². The molecule has 1 aliphatic carbocycles. The molecule has 28 heavy (non-hydrogen) atoms. The van der Waals surface area contributed by atoms with Crippen LogP contribution in [0.25, 0.3) is 0 Å². The highest BCUT2D eigenvalue weighted by Gasteiger charge is 2.26. The van der Waals surface area contributed by atoms with E-state index in [2.05, 4.69) is 5.32 Å². The Morgan fingerprint density at radius 1 is 1.29 bits per heavy atom. The van der Waals surface area contributed by atoms with Gasteiger partial charge in [-0.1, -0.05) is 35.9 Å². The Hall–Kier alpha value is -2.93. The third-order valence-electron chi connectivity index (χ3n) is 4.72. The summed E-state index contributed by atoms with van der Waals surface area (Å²) in [6.07, 6.45) is 1.73. The predicted molar refractivity (Wildman–Crippen MR) is 103 cm³/mol. The number of ether oxygens (including phenoxy) is 1. The molecule has 1 N–H and O–H groups in total. The number of nitro benzene ring substituents is 1. The van der Waals surface area contributed by atoms with E-state index in [0.29, 0.717) is 0 Å².